The zero-order chi connectivity index (χ0) is 14.8. The molecule has 19 heavy (non-hydrogen) atoms. The molecule has 0 aromatic heterocycles. The second-order valence-electron chi connectivity index (χ2n) is 6.50. The Morgan fingerprint density at radius 2 is 1.00 bits per heavy atom. The minimum absolute atomic E-state index is 0.928. The molecule has 116 valence electrons. The van der Waals surface area contributed by atoms with Crippen molar-refractivity contribution in [2.75, 3.05) is 36.2 Å². The lowest BCUT2D eigenvalue weighted by molar-refractivity contribution is 0.338. The third kappa shape index (κ3) is 19.1. The third-order valence-corrected chi connectivity index (χ3v) is 6.31. The maximum atomic E-state index is 5.82. The van der Waals surface area contributed by atoms with Gasteiger partial charge in [-0.05, 0) is 57.2 Å². The molecular weight excluding hydrogens is 308 g/mol. The van der Waals surface area contributed by atoms with E-state index >= 15 is 0 Å². The summed E-state index contributed by atoms with van der Waals surface area (Å²) in [4.78, 5) is 0. The van der Waals surface area contributed by atoms with Crippen molar-refractivity contribution >= 4 is 40.2 Å². The van der Waals surface area contributed by atoms with Gasteiger partial charge in [0.2, 0.25) is 0 Å². The van der Waals surface area contributed by atoms with Crippen molar-refractivity contribution in [3.63, 3.8) is 0 Å². The van der Waals surface area contributed by atoms with Crippen LogP contribution in [0.4, 0.5) is 0 Å². The molecule has 0 aromatic rings. The molecule has 0 unspecified atom stereocenters. The summed E-state index contributed by atoms with van der Waals surface area (Å²) in [5.74, 6) is 4.81. The molecule has 0 N–H and O–H groups in total. The Balaban J connectivity index is 3.12. The highest BCUT2D eigenvalue weighted by Gasteiger charge is 2.13. The molecule has 6 heteroatoms. The van der Waals surface area contributed by atoms with E-state index in [0.29, 0.717) is 0 Å². The summed E-state index contributed by atoms with van der Waals surface area (Å²) in [7, 11) is -2.58. The van der Waals surface area contributed by atoms with Gasteiger partial charge in [-0.25, -0.2) is 0 Å². The summed E-state index contributed by atoms with van der Waals surface area (Å²) in [6, 6.07) is 0. The molecule has 0 radical (unpaired) electrons. The van der Waals surface area contributed by atoms with Gasteiger partial charge in [0.25, 0.3) is 0 Å². The minimum Gasteiger partial charge on any atom is -0.417 e. The zero-order valence-corrected chi connectivity index (χ0v) is 17.2. The molecule has 0 aliphatic rings. The van der Waals surface area contributed by atoms with Gasteiger partial charge in [-0.2, -0.15) is 23.5 Å². The Morgan fingerprint density at radius 1 is 0.632 bits per heavy atom. The standard InChI is InChI=1S/C13H32O2S2Si2/c1-18(2,3)14-8-12-16-10-7-11-17-13-9-15-19(4,5)6/h7-13H2,1-6H3. The summed E-state index contributed by atoms with van der Waals surface area (Å²) >= 11 is 4.04. The Hall–Kier alpha value is 1.05. The maximum Gasteiger partial charge on any atom is 0.183 e. The predicted molar refractivity (Wildman–Crippen MR) is 97.9 cm³/mol. The highest BCUT2D eigenvalue weighted by atomic mass is 32.2. The van der Waals surface area contributed by atoms with E-state index in [9.17, 15) is 0 Å². The van der Waals surface area contributed by atoms with Gasteiger partial charge in [0.05, 0.1) is 0 Å². The molecule has 0 fully saturated rings. The lowest BCUT2D eigenvalue weighted by Gasteiger charge is -2.17. The average molecular weight is 341 g/mol. The molecular formula is C13H32O2S2Si2. The largest absolute Gasteiger partial charge is 0.417 e. The van der Waals surface area contributed by atoms with Crippen molar-refractivity contribution in [2.24, 2.45) is 0 Å². The molecule has 0 aromatic carbocycles. The fourth-order valence-electron chi connectivity index (χ4n) is 1.28. The average Bonchev–Trinajstić information content (AvgIpc) is 2.22. The zero-order valence-electron chi connectivity index (χ0n) is 13.6. The summed E-state index contributed by atoms with van der Waals surface area (Å²) in [6.45, 7) is 15.3. The quantitative estimate of drug-likeness (QED) is 0.383. The Labute approximate surface area is 131 Å². The van der Waals surface area contributed by atoms with Crippen LogP contribution in [0.15, 0.2) is 0 Å². The van der Waals surface area contributed by atoms with E-state index in [0.717, 1.165) is 24.7 Å². The normalized spacial score (nSPS) is 12.9. The van der Waals surface area contributed by atoms with Crippen LogP contribution in [0.3, 0.4) is 0 Å². The van der Waals surface area contributed by atoms with Crippen LogP contribution in [-0.4, -0.2) is 52.9 Å². The van der Waals surface area contributed by atoms with Crippen LogP contribution in [0.25, 0.3) is 0 Å². The minimum atomic E-state index is -1.29. The molecule has 0 aliphatic carbocycles. The molecule has 0 amide bonds. The van der Waals surface area contributed by atoms with Crippen LogP contribution < -0.4 is 0 Å². The summed E-state index contributed by atoms with van der Waals surface area (Å²) in [5.41, 5.74) is 0. The number of hydrogen-bond donors (Lipinski definition) is 0. The van der Waals surface area contributed by atoms with E-state index in [2.05, 4.69) is 39.3 Å². The second kappa shape index (κ2) is 10.7. The SMILES string of the molecule is C[Si](C)(C)OCCSCCCSCCO[Si](C)(C)C. The van der Waals surface area contributed by atoms with E-state index in [4.69, 9.17) is 8.85 Å². The molecule has 0 atom stereocenters. The predicted octanol–water partition coefficient (Wildman–Crippen LogP) is 4.55. The fourth-order valence-corrected chi connectivity index (χ4v) is 4.70. The van der Waals surface area contributed by atoms with Crippen LogP contribution in [0.5, 0.6) is 0 Å². The van der Waals surface area contributed by atoms with Crippen molar-refractivity contribution in [3.05, 3.63) is 0 Å². The smallest absolute Gasteiger partial charge is 0.183 e. The van der Waals surface area contributed by atoms with Crippen molar-refractivity contribution in [3.8, 4) is 0 Å². The molecule has 0 heterocycles. The first-order valence-electron chi connectivity index (χ1n) is 7.14. The van der Waals surface area contributed by atoms with Crippen molar-refractivity contribution in [1.82, 2.24) is 0 Å². The second-order valence-corrected chi connectivity index (χ2v) is 18.0. The van der Waals surface area contributed by atoms with Gasteiger partial charge in [-0.1, -0.05) is 0 Å². The molecule has 0 saturated heterocycles. The Kier molecular flexibility index (Phi) is 11.3. The first-order chi connectivity index (χ1) is 8.71. The summed E-state index contributed by atoms with van der Waals surface area (Å²) in [6.07, 6.45) is 1.30. The van der Waals surface area contributed by atoms with Crippen molar-refractivity contribution in [2.45, 2.75) is 45.7 Å². The molecule has 0 spiro atoms. The van der Waals surface area contributed by atoms with Crippen LogP contribution in [0, 0.1) is 0 Å². The summed E-state index contributed by atoms with van der Waals surface area (Å²) < 4.78 is 11.6. The van der Waals surface area contributed by atoms with Crippen LogP contribution >= 0.6 is 23.5 Å². The molecule has 0 bridgehead atoms. The lowest BCUT2D eigenvalue weighted by atomic mass is 10.6. The van der Waals surface area contributed by atoms with Gasteiger partial charge in [-0.15, -0.1) is 0 Å². The molecule has 0 rings (SSSR count). The van der Waals surface area contributed by atoms with Crippen molar-refractivity contribution in [1.29, 1.82) is 0 Å². The number of rotatable bonds is 12. The van der Waals surface area contributed by atoms with Crippen LogP contribution in [0.2, 0.25) is 39.3 Å². The summed E-state index contributed by atoms with van der Waals surface area (Å²) in [5, 5.41) is 0. The molecule has 2 nitrogen and oxygen atoms in total. The van der Waals surface area contributed by atoms with Gasteiger partial charge in [-0.3, -0.25) is 0 Å². The maximum absolute atomic E-state index is 5.82. The highest BCUT2D eigenvalue weighted by Crippen LogP contribution is 2.10. The first kappa shape index (κ1) is 20.1. The molecule has 0 aliphatic heterocycles. The van der Waals surface area contributed by atoms with E-state index in [1.807, 2.05) is 23.5 Å². The van der Waals surface area contributed by atoms with Crippen molar-refractivity contribution < 1.29 is 8.85 Å². The lowest BCUT2D eigenvalue weighted by Crippen LogP contribution is -2.26. The van der Waals surface area contributed by atoms with Gasteiger partial charge in [0.15, 0.2) is 16.6 Å². The van der Waals surface area contributed by atoms with Gasteiger partial charge < -0.3 is 8.85 Å². The van der Waals surface area contributed by atoms with E-state index in [1.165, 1.54) is 17.9 Å². The number of thioether (sulfide) groups is 2. The van der Waals surface area contributed by atoms with E-state index in [-0.39, 0.29) is 0 Å². The Bertz CT molecular complexity index is 194. The molecule has 0 saturated carbocycles. The number of hydrogen-bond acceptors (Lipinski definition) is 4. The van der Waals surface area contributed by atoms with Gasteiger partial charge in [0.1, 0.15) is 0 Å². The topological polar surface area (TPSA) is 18.5 Å². The van der Waals surface area contributed by atoms with Crippen LogP contribution in [0.1, 0.15) is 6.42 Å². The van der Waals surface area contributed by atoms with E-state index < -0.39 is 16.6 Å². The van der Waals surface area contributed by atoms with Gasteiger partial charge >= 0.3 is 0 Å². The fraction of sp³-hybridized carbons (Fsp3) is 1.00. The first-order valence-corrected chi connectivity index (χ1v) is 16.3. The van der Waals surface area contributed by atoms with Gasteiger partial charge in [0, 0.05) is 24.7 Å². The van der Waals surface area contributed by atoms with E-state index in [1.54, 1.807) is 0 Å². The Morgan fingerprint density at radius 3 is 1.32 bits per heavy atom. The highest BCUT2D eigenvalue weighted by molar-refractivity contribution is 8.00. The third-order valence-electron chi connectivity index (χ3n) is 2.10. The van der Waals surface area contributed by atoms with Crippen LogP contribution in [-0.2, 0) is 8.85 Å². The monoisotopic (exact) mass is 340 g/mol.